The lowest BCUT2D eigenvalue weighted by atomic mass is 10.1. The number of fused-ring (bicyclic) bond motifs is 2. The van der Waals surface area contributed by atoms with Crippen LogP contribution in [0.4, 0.5) is 0 Å². The van der Waals surface area contributed by atoms with E-state index in [2.05, 4.69) is 5.32 Å². The summed E-state index contributed by atoms with van der Waals surface area (Å²) < 4.78 is 5.45. The average molecular weight is 234 g/mol. The van der Waals surface area contributed by atoms with Gasteiger partial charge in [0.15, 0.2) is 5.76 Å². The van der Waals surface area contributed by atoms with Crippen LogP contribution in [0.2, 0.25) is 0 Å². The highest BCUT2D eigenvalue weighted by molar-refractivity contribution is 5.92. The van der Waals surface area contributed by atoms with Gasteiger partial charge in [0.2, 0.25) is 0 Å². The molecule has 0 saturated carbocycles. The Morgan fingerprint density at radius 3 is 2.94 bits per heavy atom. The first kappa shape index (κ1) is 10.8. The fraction of sp³-hybridized carbons (Fsp3) is 0.615. The number of aryl methyl sites for hydroxylation is 1. The van der Waals surface area contributed by atoms with Gasteiger partial charge in [-0.2, -0.15) is 0 Å². The Kier molecular flexibility index (Phi) is 2.67. The van der Waals surface area contributed by atoms with Crippen molar-refractivity contribution >= 4 is 5.91 Å². The third kappa shape index (κ3) is 1.86. The first-order chi connectivity index (χ1) is 8.25. The number of hydrogen-bond donors (Lipinski definition) is 1. The SMILES string of the molecule is Cc1ccc(C(=O)N2C3CCNCC2CC3)o1. The van der Waals surface area contributed by atoms with Crippen molar-refractivity contribution in [2.24, 2.45) is 0 Å². The molecule has 17 heavy (non-hydrogen) atoms. The van der Waals surface area contributed by atoms with Crippen molar-refractivity contribution in [2.75, 3.05) is 13.1 Å². The highest BCUT2D eigenvalue weighted by Crippen LogP contribution is 2.29. The Balaban J connectivity index is 1.85. The van der Waals surface area contributed by atoms with E-state index in [4.69, 9.17) is 4.42 Å². The molecule has 2 aliphatic rings. The van der Waals surface area contributed by atoms with Crippen molar-refractivity contribution in [3.63, 3.8) is 0 Å². The highest BCUT2D eigenvalue weighted by Gasteiger charge is 2.39. The first-order valence-electron chi connectivity index (χ1n) is 6.35. The number of amides is 1. The van der Waals surface area contributed by atoms with Crippen LogP contribution >= 0.6 is 0 Å². The van der Waals surface area contributed by atoms with Crippen molar-refractivity contribution in [3.8, 4) is 0 Å². The second-order valence-electron chi connectivity index (χ2n) is 5.00. The van der Waals surface area contributed by atoms with Gasteiger partial charge < -0.3 is 14.6 Å². The summed E-state index contributed by atoms with van der Waals surface area (Å²) in [6.45, 7) is 3.80. The maximum absolute atomic E-state index is 12.4. The molecule has 3 heterocycles. The number of carbonyl (C=O) groups is 1. The zero-order chi connectivity index (χ0) is 11.8. The molecule has 0 radical (unpaired) electrons. The van der Waals surface area contributed by atoms with E-state index in [1.807, 2.05) is 17.9 Å². The van der Waals surface area contributed by atoms with Crippen LogP contribution in [0.25, 0.3) is 0 Å². The monoisotopic (exact) mass is 234 g/mol. The van der Waals surface area contributed by atoms with E-state index >= 15 is 0 Å². The molecule has 4 heteroatoms. The zero-order valence-corrected chi connectivity index (χ0v) is 10.1. The fourth-order valence-corrected chi connectivity index (χ4v) is 2.99. The highest BCUT2D eigenvalue weighted by atomic mass is 16.3. The Morgan fingerprint density at radius 1 is 1.35 bits per heavy atom. The fourth-order valence-electron chi connectivity index (χ4n) is 2.99. The molecule has 2 saturated heterocycles. The standard InChI is InChI=1S/C13H18N2O2/c1-9-2-5-12(17-9)13(16)15-10-3-4-11(15)8-14-7-6-10/h2,5,10-11,14H,3-4,6-8H2,1H3. The van der Waals surface area contributed by atoms with Crippen LogP contribution in [-0.4, -0.2) is 36.0 Å². The molecule has 1 N–H and O–H groups in total. The molecule has 2 unspecified atom stereocenters. The second-order valence-corrected chi connectivity index (χ2v) is 5.00. The van der Waals surface area contributed by atoms with E-state index in [0.29, 0.717) is 17.8 Å². The van der Waals surface area contributed by atoms with Gasteiger partial charge in [-0.25, -0.2) is 0 Å². The Morgan fingerprint density at radius 2 is 2.18 bits per heavy atom. The molecule has 2 aliphatic heterocycles. The molecule has 1 amide bonds. The molecule has 2 atom stereocenters. The van der Waals surface area contributed by atoms with Crippen LogP contribution in [-0.2, 0) is 0 Å². The first-order valence-corrected chi connectivity index (χ1v) is 6.35. The number of rotatable bonds is 1. The molecular formula is C13H18N2O2. The van der Waals surface area contributed by atoms with E-state index in [0.717, 1.165) is 38.1 Å². The van der Waals surface area contributed by atoms with Crippen LogP contribution in [0.3, 0.4) is 0 Å². The van der Waals surface area contributed by atoms with E-state index in [-0.39, 0.29) is 5.91 Å². The van der Waals surface area contributed by atoms with Gasteiger partial charge in [-0.1, -0.05) is 0 Å². The summed E-state index contributed by atoms with van der Waals surface area (Å²) in [5, 5.41) is 3.40. The minimum Gasteiger partial charge on any atom is -0.456 e. The van der Waals surface area contributed by atoms with Crippen molar-refractivity contribution < 1.29 is 9.21 Å². The molecule has 0 spiro atoms. The van der Waals surface area contributed by atoms with E-state index < -0.39 is 0 Å². The van der Waals surface area contributed by atoms with Crippen LogP contribution in [0.15, 0.2) is 16.5 Å². The normalized spacial score (nSPS) is 28.2. The van der Waals surface area contributed by atoms with Gasteiger partial charge >= 0.3 is 0 Å². The van der Waals surface area contributed by atoms with Crippen LogP contribution in [0, 0.1) is 6.92 Å². The van der Waals surface area contributed by atoms with Gasteiger partial charge in [0.25, 0.3) is 5.91 Å². The van der Waals surface area contributed by atoms with Gasteiger partial charge in [-0.3, -0.25) is 4.79 Å². The summed E-state index contributed by atoms with van der Waals surface area (Å²) in [6, 6.07) is 4.38. The minimum atomic E-state index is 0.0642. The number of nitrogens with zero attached hydrogens (tertiary/aromatic N) is 1. The Labute approximate surface area is 101 Å². The quantitative estimate of drug-likeness (QED) is 0.802. The summed E-state index contributed by atoms with van der Waals surface area (Å²) in [5.74, 6) is 1.35. The lowest BCUT2D eigenvalue weighted by molar-refractivity contribution is 0.0646. The average Bonchev–Trinajstić information content (AvgIpc) is 2.81. The maximum Gasteiger partial charge on any atom is 0.290 e. The molecule has 92 valence electrons. The van der Waals surface area contributed by atoms with Crippen molar-refractivity contribution in [3.05, 3.63) is 23.7 Å². The minimum absolute atomic E-state index is 0.0642. The smallest absolute Gasteiger partial charge is 0.290 e. The predicted octanol–water partition coefficient (Wildman–Crippen LogP) is 1.55. The maximum atomic E-state index is 12.4. The third-order valence-corrected chi connectivity index (χ3v) is 3.84. The largest absolute Gasteiger partial charge is 0.456 e. The van der Waals surface area contributed by atoms with Crippen LogP contribution in [0.1, 0.15) is 35.6 Å². The molecule has 1 aromatic heterocycles. The molecule has 0 aliphatic carbocycles. The number of hydrogen-bond acceptors (Lipinski definition) is 3. The Hall–Kier alpha value is -1.29. The topological polar surface area (TPSA) is 45.5 Å². The molecule has 3 rings (SSSR count). The van der Waals surface area contributed by atoms with E-state index in [1.54, 1.807) is 6.07 Å². The van der Waals surface area contributed by atoms with Crippen molar-refractivity contribution in [2.45, 2.75) is 38.3 Å². The van der Waals surface area contributed by atoms with Crippen molar-refractivity contribution in [1.82, 2.24) is 10.2 Å². The number of furan rings is 1. The number of nitrogens with one attached hydrogen (secondary N) is 1. The van der Waals surface area contributed by atoms with Gasteiger partial charge in [0.05, 0.1) is 0 Å². The molecule has 0 aromatic carbocycles. The molecule has 2 bridgehead atoms. The molecule has 2 fully saturated rings. The summed E-state index contributed by atoms with van der Waals surface area (Å²) in [6.07, 6.45) is 3.31. The summed E-state index contributed by atoms with van der Waals surface area (Å²) in [7, 11) is 0. The molecular weight excluding hydrogens is 216 g/mol. The lowest BCUT2D eigenvalue weighted by Gasteiger charge is -2.26. The van der Waals surface area contributed by atoms with Gasteiger partial charge in [0, 0.05) is 18.6 Å². The molecule has 1 aromatic rings. The van der Waals surface area contributed by atoms with Gasteiger partial charge in [-0.15, -0.1) is 0 Å². The third-order valence-electron chi connectivity index (χ3n) is 3.84. The second kappa shape index (κ2) is 4.18. The van der Waals surface area contributed by atoms with Crippen LogP contribution in [0.5, 0.6) is 0 Å². The van der Waals surface area contributed by atoms with E-state index in [1.165, 1.54) is 0 Å². The number of carbonyl (C=O) groups excluding carboxylic acids is 1. The lowest BCUT2D eigenvalue weighted by Crippen LogP contribution is -2.42. The van der Waals surface area contributed by atoms with Crippen molar-refractivity contribution in [1.29, 1.82) is 0 Å². The van der Waals surface area contributed by atoms with Gasteiger partial charge in [0.1, 0.15) is 5.76 Å². The van der Waals surface area contributed by atoms with Crippen LogP contribution < -0.4 is 5.32 Å². The van der Waals surface area contributed by atoms with E-state index in [9.17, 15) is 4.79 Å². The molecule has 4 nitrogen and oxygen atoms in total. The predicted molar refractivity (Wildman–Crippen MR) is 63.9 cm³/mol. The summed E-state index contributed by atoms with van der Waals surface area (Å²) >= 11 is 0. The zero-order valence-electron chi connectivity index (χ0n) is 10.1. The summed E-state index contributed by atoms with van der Waals surface area (Å²) in [5.41, 5.74) is 0. The Bertz CT molecular complexity index is 413. The van der Waals surface area contributed by atoms with Gasteiger partial charge in [-0.05, 0) is 44.9 Å². The summed E-state index contributed by atoms with van der Waals surface area (Å²) in [4.78, 5) is 14.5.